The summed E-state index contributed by atoms with van der Waals surface area (Å²) in [4.78, 5) is 50.4. The second-order valence-corrected chi connectivity index (χ2v) is 45.7. The van der Waals surface area contributed by atoms with Gasteiger partial charge in [-0.05, 0) is 51.4 Å². The highest BCUT2D eigenvalue weighted by atomic mass is 31.2. The number of unbranched alkanes of at least 4 members (excludes halogenated alkanes) is 70. The molecule has 22 nitrogen and oxygen atoms in total. The molecule has 12 N–H and O–H groups in total. The minimum atomic E-state index is -4.57. The van der Waals surface area contributed by atoms with Gasteiger partial charge in [-0.3, -0.25) is 18.7 Å². The van der Waals surface area contributed by atoms with Crippen LogP contribution in [0.5, 0.6) is 0 Å². The zero-order valence-corrected chi connectivity index (χ0v) is 94.7. The normalized spacial score (nSPS) is 14.6. The van der Waals surface area contributed by atoms with Crippen LogP contribution in [0.4, 0.5) is 0 Å². The number of carbonyl (C=O) groups excluding carboxylic acids is 2. The van der Waals surface area contributed by atoms with Crippen LogP contribution in [0.1, 0.15) is 555 Å². The fourth-order valence-electron chi connectivity index (χ4n) is 16.9. The van der Waals surface area contributed by atoms with Gasteiger partial charge in [-0.2, -0.15) is 0 Å². The smallest absolute Gasteiger partial charge is 0.268 e. The van der Waals surface area contributed by atoms with Crippen LogP contribution in [-0.4, -0.2) is 195 Å². The van der Waals surface area contributed by atoms with Gasteiger partial charge in [0.1, 0.15) is 26.3 Å². The van der Waals surface area contributed by atoms with Crippen molar-refractivity contribution >= 4 is 27.5 Å². The molecule has 0 aliphatic rings. The fraction of sp³-hybridized carbons (Fsp3) is 0.947. The first-order valence-corrected chi connectivity index (χ1v) is 61.6. The lowest BCUT2D eigenvalue weighted by atomic mass is 10.0. The molecule has 0 aromatic rings. The van der Waals surface area contributed by atoms with Crippen LogP contribution in [0, 0.1) is 0 Å². The van der Waals surface area contributed by atoms with Crippen molar-refractivity contribution in [3.8, 4) is 0 Å². The summed E-state index contributed by atoms with van der Waals surface area (Å²) in [6.45, 7) is 13.6. The second kappa shape index (κ2) is 108. The summed E-state index contributed by atoms with van der Waals surface area (Å²) in [7, 11) is 2.58. The number of aliphatic hydroxyl groups is 6. The Hall–Kier alpha value is -1.76. The minimum absolute atomic E-state index is 0.00175. The third-order valence-electron chi connectivity index (χ3n) is 26.6. The molecule has 2 amide bonds. The molecule has 0 spiro atoms. The molecule has 0 bridgehead atoms. The number of carbonyl (C=O) groups is 2. The Morgan fingerprint density at radius 3 is 0.754 bits per heavy atom. The van der Waals surface area contributed by atoms with Crippen molar-refractivity contribution in [2.24, 2.45) is 11.5 Å². The number of aliphatic hydroxyl groups excluding tert-OH is 6. The monoisotopic (exact) mass is 2010 g/mol. The van der Waals surface area contributed by atoms with Crippen LogP contribution >= 0.6 is 15.6 Å². The van der Waals surface area contributed by atoms with Crippen molar-refractivity contribution < 1.29 is 86.2 Å². The largest absolute Gasteiger partial charge is 0.756 e. The van der Waals surface area contributed by atoms with Crippen LogP contribution in [0.2, 0.25) is 0 Å². The van der Waals surface area contributed by atoms with E-state index in [1.54, 1.807) is 12.2 Å². The van der Waals surface area contributed by atoms with Crippen molar-refractivity contribution in [1.82, 2.24) is 10.6 Å². The first kappa shape index (κ1) is 142. The van der Waals surface area contributed by atoms with E-state index in [0.717, 1.165) is 96.3 Å². The van der Waals surface area contributed by atoms with Crippen molar-refractivity contribution in [2.75, 3.05) is 95.0 Å². The topological polar surface area (TPSA) is 349 Å². The molecule has 24 heteroatoms. The summed E-state index contributed by atoms with van der Waals surface area (Å²) in [6.07, 6.45) is 102. The summed E-state index contributed by atoms with van der Waals surface area (Å²) in [6, 6.07) is -2.70. The number of phosphoric acid groups is 2. The number of phosphoric ester groups is 2. The maximum absolute atomic E-state index is 12.8. The highest BCUT2D eigenvalue weighted by Gasteiger charge is 2.27. The van der Waals surface area contributed by atoms with Crippen molar-refractivity contribution in [1.29, 1.82) is 0 Å². The Morgan fingerprint density at radius 1 is 0.297 bits per heavy atom. The van der Waals surface area contributed by atoms with Crippen LogP contribution in [-0.2, 0) is 36.8 Å². The molecule has 0 aromatic carbocycles. The molecular formula is C114H236N6O16P2. The van der Waals surface area contributed by atoms with E-state index in [1.165, 1.54) is 398 Å². The van der Waals surface area contributed by atoms with Gasteiger partial charge in [-0.1, -0.05) is 515 Å². The quantitative estimate of drug-likeness (QED) is 0.0117. The summed E-state index contributed by atoms with van der Waals surface area (Å²) in [5.74, 6) is -0.362. The van der Waals surface area contributed by atoms with Gasteiger partial charge in [0.15, 0.2) is 0 Å². The average Bonchev–Trinajstić information content (AvgIpc) is 0.889. The maximum atomic E-state index is 12.8. The van der Waals surface area contributed by atoms with Gasteiger partial charge in [-0.15, -0.1) is 0 Å². The summed E-state index contributed by atoms with van der Waals surface area (Å²) in [5.41, 5.74) is 11.1. The third-order valence-corrected chi connectivity index (χ3v) is 28.5. The number of nitrogens with zero attached hydrogens (tertiary/aromatic N) is 2. The molecule has 0 saturated carbocycles. The predicted octanol–water partition coefficient (Wildman–Crippen LogP) is 27.9. The Labute approximate surface area is 854 Å². The van der Waals surface area contributed by atoms with E-state index < -0.39 is 64.2 Å². The number of amides is 2. The maximum Gasteiger partial charge on any atom is 0.268 e. The number of nitrogens with one attached hydrogen (secondary N) is 2. The SMILES string of the molecule is CCCCCCCCCCCCC/C=C/[C@@H](O)[C@@H](N)CO.CCCCCCCCCCCCC/C=C/[C@@H](O)[C@H](COP(=O)([O-])OCC[N+](C)(C)C)NC(=O)CCCCCCCCCCCCCCC.CCCCCCCCCCCCCCCC(=O)N[C@@H](COP(=O)([O-])OCC[N+](C)(C)C)[C@H](O)CCCCCCCCCCCCCCC.CCCCCCCCCCCCCCC[C@@H](O)[C@@H](N)CO. The Balaban J connectivity index is -0.000000929. The zero-order valence-electron chi connectivity index (χ0n) is 92.9. The van der Waals surface area contributed by atoms with E-state index in [0.29, 0.717) is 41.3 Å². The number of likely N-dealkylation sites (N-methyl/N-ethyl adjacent to an activating group) is 2. The second-order valence-electron chi connectivity index (χ2n) is 42.9. The predicted molar refractivity (Wildman–Crippen MR) is 585 cm³/mol. The van der Waals surface area contributed by atoms with Crippen LogP contribution in [0.3, 0.4) is 0 Å². The minimum Gasteiger partial charge on any atom is -0.756 e. The number of nitrogens with two attached hydrogens (primary N) is 2. The van der Waals surface area contributed by atoms with Crippen LogP contribution < -0.4 is 31.9 Å². The number of quaternary nitrogens is 2. The van der Waals surface area contributed by atoms with Gasteiger partial charge in [-0.25, -0.2) is 0 Å². The van der Waals surface area contributed by atoms with Gasteiger partial charge >= 0.3 is 0 Å². The Bertz CT molecular complexity index is 2630. The molecule has 0 rings (SSSR count). The number of hydrogen-bond donors (Lipinski definition) is 10. The lowest BCUT2D eigenvalue weighted by Gasteiger charge is -2.30. The first-order chi connectivity index (χ1) is 66.4. The number of rotatable bonds is 104. The zero-order chi connectivity index (χ0) is 103. The lowest BCUT2D eigenvalue weighted by molar-refractivity contribution is -0.870. The summed E-state index contributed by atoms with van der Waals surface area (Å²) in [5, 5.41) is 64.3. The lowest BCUT2D eigenvalue weighted by Crippen LogP contribution is -2.46. The molecule has 0 aliphatic heterocycles. The summed E-state index contributed by atoms with van der Waals surface area (Å²) < 4.78 is 46.3. The highest BCUT2D eigenvalue weighted by molar-refractivity contribution is 7.46. The molecule has 828 valence electrons. The third kappa shape index (κ3) is 115. The molecule has 0 radical (unpaired) electrons. The average molecular weight is 2010 g/mol. The standard InChI is InChI=1S/C39H81N2O6P.C39H79N2O6P.C18H39NO2.C18H37NO2/c2*1-6-8-10-12-14-16-18-20-22-24-26-28-30-32-38(42)37(36-47-48(44,45)46-35-34-41(3,4)5)40-39(43)33-31-29-27-25-23-21-19-17-15-13-11-9-7-2;2*1-2-3-4-5-6-7-8-9-10-11-12-13-14-15-18(21)17(19)16-20/h37-38,42H,6-36H2,1-5H3,(H-,40,43,44,45);30,32,37-38,42H,6-29,31,33-36H2,1-5H3,(H-,40,43,44,45);17-18,20-21H,2-16,19H2,1H3;14-15,17-18,20-21H,2-13,16,19H2,1H3/b;32-30+;;15-14+/t2*37-,38+;2*17-,18+/m0000/s1. The first-order valence-electron chi connectivity index (χ1n) is 58.6. The van der Waals surface area contributed by atoms with Gasteiger partial charge in [0.2, 0.25) is 11.8 Å². The van der Waals surface area contributed by atoms with E-state index in [9.17, 15) is 48.9 Å². The molecule has 2 unspecified atom stereocenters. The van der Waals surface area contributed by atoms with E-state index in [4.69, 9.17) is 39.8 Å². The molecule has 10 atom stereocenters. The molecule has 0 fully saturated rings. The van der Waals surface area contributed by atoms with E-state index in [2.05, 4.69) is 52.2 Å². The molecule has 0 aliphatic carbocycles. The van der Waals surface area contributed by atoms with Crippen molar-refractivity contribution in [3.63, 3.8) is 0 Å². The molecule has 0 saturated heterocycles. The van der Waals surface area contributed by atoms with E-state index in [1.807, 2.05) is 54.4 Å². The number of hydrogen-bond acceptors (Lipinski definition) is 18. The number of allylic oxidation sites excluding steroid dienone is 2. The van der Waals surface area contributed by atoms with E-state index in [-0.39, 0.29) is 51.5 Å². The highest BCUT2D eigenvalue weighted by Crippen LogP contribution is 2.40. The van der Waals surface area contributed by atoms with Gasteiger partial charge in [0, 0.05) is 12.8 Å². The Morgan fingerprint density at radius 2 is 0.507 bits per heavy atom. The van der Waals surface area contributed by atoms with Gasteiger partial charge in [0.05, 0.1) is 117 Å². The van der Waals surface area contributed by atoms with Crippen LogP contribution in [0.15, 0.2) is 24.3 Å². The van der Waals surface area contributed by atoms with Crippen molar-refractivity contribution in [2.45, 2.75) is 604 Å². The molecule has 0 aromatic heterocycles. The van der Waals surface area contributed by atoms with Crippen molar-refractivity contribution in [3.05, 3.63) is 24.3 Å². The Kier molecular flexibility index (Phi) is 111. The molecular weight excluding hydrogens is 1770 g/mol. The molecule has 138 heavy (non-hydrogen) atoms. The van der Waals surface area contributed by atoms with Gasteiger partial charge in [0.25, 0.3) is 15.6 Å². The van der Waals surface area contributed by atoms with Crippen LogP contribution in [0.25, 0.3) is 0 Å². The van der Waals surface area contributed by atoms with E-state index >= 15 is 0 Å². The summed E-state index contributed by atoms with van der Waals surface area (Å²) >= 11 is 0. The fourth-order valence-corrected chi connectivity index (χ4v) is 18.3. The van der Waals surface area contributed by atoms with Gasteiger partial charge < -0.3 is 89.6 Å². The molecule has 0 heterocycles.